The molecular weight excluding hydrogens is 414 g/mol. The number of nitrogens with zero attached hydrogens (tertiary/aromatic N) is 1. The largest absolute Gasteiger partial charge is 0.394 e. The number of ketones is 1. The summed E-state index contributed by atoms with van der Waals surface area (Å²) in [5.41, 5.74) is -1.14. The lowest BCUT2D eigenvalue weighted by Gasteiger charge is -2.20. The number of hydrogen-bond donors (Lipinski definition) is 4. The number of pyridine rings is 1. The predicted molar refractivity (Wildman–Crippen MR) is 119 cm³/mol. The van der Waals surface area contributed by atoms with Crippen molar-refractivity contribution in [2.45, 2.75) is 45.4 Å². The van der Waals surface area contributed by atoms with Gasteiger partial charge in [0.1, 0.15) is 11.7 Å². The molecule has 1 aromatic heterocycles. The van der Waals surface area contributed by atoms with Gasteiger partial charge in [0.2, 0.25) is 5.91 Å². The molecule has 2 heterocycles. The quantitative estimate of drug-likeness (QED) is 0.441. The number of carbonyl (C=O) groups is 3. The Morgan fingerprint density at radius 1 is 1.09 bits per heavy atom. The van der Waals surface area contributed by atoms with Crippen LogP contribution in [0.1, 0.15) is 38.2 Å². The van der Waals surface area contributed by atoms with E-state index in [1.54, 1.807) is 18.2 Å². The maximum Gasteiger partial charge on any atom is 0.271 e. The highest BCUT2D eigenvalue weighted by Gasteiger charge is 2.53. The molecule has 0 aliphatic carbocycles. The van der Waals surface area contributed by atoms with Crippen molar-refractivity contribution in [2.75, 3.05) is 19.8 Å². The number of amides is 2. The molecule has 1 aliphatic heterocycles. The first-order chi connectivity index (χ1) is 15.1. The molecular formula is C23H31N3O6. The van der Waals surface area contributed by atoms with Gasteiger partial charge in [0.25, 0.3) is 5.91 Å². The number of ether oxygens (including phenoxy) is 1. The molecule has 0 radical (unpaired) electrons. The Labute approximate surface area is 187 Å². The summed E-state index contributed by atoms with van der Waals surface area (Å²) in [4.78, 5) is 41.3. The van der Waals surface area contributed by atoms with Gasteiger partial charge in [0.05, 0.1) is 25.9 Å². The van der Waals surface area contributed by atoms with Crippen molar-refractivity contribution in [3.63, 3.8) is 0 Å². The van der Waals surface area contributed by atoms with E-state index in [-0.39, 0.29) is 12.3 Å². The summed E-state index contributed by atoms with van der Waals surface area (Å²) in [5, 5.41) is 25.0. The summed E-state index contributed by atoms with van der Waals surface area (Å²) in [7, 11) is 0. The molecule has 1 aliphatic rings. The van der Waals surface area contributed by atoms with Crippen LogP contribution in [0.25, 0.3) is 10.8 Å². The second kappa shape index (κ2) is 11.1. The van der Waals surface area contributed by atoms with Crippen molar-refractivity contribution in [3.05, 3.63) is 42.2 Å². The van der Waals surface area contributed by atoms with Crippen LogP contribution in [0.3, 0.4) is 0 Å². The summed E-state index contributed by atoms with van der Waals surface area (Å²) in [6.07, 6.45) is 1.48. The molecule has 2 amide bonds. The number of epoxide rings is 1. The summed E-state index contributed by atoms with van der Waals surface area (Å²) in [6, 6.07) is 6.69. The Balaban J connectivity index is 0.000000837. The van der Waals surface area contributed by atoms with Gasteiger partial charge in [-0.2, -0.15) is 0 Å². The first kappa shape index (κ1) is 25.4. The number of benzene rings is 1. The van der Waals surface area contributed by atoms with Gasteiger partial charge in [-0.15, -0.1) is 0 Å². The molecule has 0 saturated carbocycles. The average Bonchev–Trinajstić information content (AvgIpc) is 3.57. The Bertz CT molecular complexity index is 950. The highest BCUT2D eigenvalue weighted by atomic mass is 16.6. The van der Waals surface area contributed by atoms with E-state index in [0.29, 0.717) is 5.39 Å². The molecule has 9 heteroatoms. The summed E-state index contributed by atoms with van der Waals surface area (Å²) in [5.74, 6) is -0.991. The van der Waals surface area contributed by atoms with Gasteiger partial charge < -0.3 is 25.6 Å². The highest BCUT2D eigenvalue weighted by molar-refractivity contribution is 6.06. The Morgan fingerprint density at radius 2 is 1.72 bits per heavy atom. The lowest BCUT2D eigenvalue weighted by atomic mass is 10.0. The number of Topliss-reactive ketones (excluding diaryl/α,β-unsaturated/α-hetero) is 1. The summed E-state index contributed by atoms with van der Waals surface area (Å²) >= 11 is 0. The normalized spacial score (nSPS) is 18.8. The fourth-order valence-electron chi connectivity index (χ4n) is 2.89. The van der Waals surface area contributed by atoms with Gasteiger partial charge in [-0.3, -0.25) is 19.4 Å². The van der Waals surface area contributed by atoms with Crippen LogP contribution in [0.5, 0.6) is 0 Å². The zero-order valence-electron chi connectivity index (χ0n) is 18.8. The third-order valence-corrected chi connectivity index (χ3v) is 4.64. The number of aliphatic hydroxyl groups is 2. The molecule has 0 spiro atoms. The Morgan fingerprint density at radius 3 is 2.28 bits per heavy atom. The minimum absolute atomic E-state index is 0.0927. The smallest absolute Gasteiger partial charge is 0.271 e. The molecule has 9 nitrogen and oxygen atoms in total. The van der Waals surface area contributed by atoms with Crippen molar-refractivity contribution < 1.29 is 29.3 Å². The fraction of sp³-hybridized carbons (Fsp3) is 0.478. The van der Waals surface area contributed by atoms with E-state index in [1.807, 2.05) is 12.1 Å². The first-order valence-corrected chi connectivity index (χ1v) is 10.5. The number of rotatable bonds is 8. The standard InChI is InChI=1S/C19H21N3O6.C4H10/c1-11(16(25)19(9-24)10-28-19)21-17(26)14(8-23)22-18(27)15-13-5-3-2-4-12(13)6-7-20-15;1-4(2)3/h2-7,11,14,23-24H,8-10H2,1H3,(H,21,26)(H,22,27);4H,1-3H3/t11?,14-,19?;/m0./s1. The molecule has 4 N–H and O–H groups in total. The van der Waals surface area contributed by atoms with E-state index >= 15 is 0 Å². The molecule has 2 aromatic rings. The van der Waals surface area contributed by atoms with Crippen LogP contribution in [0.2, 0.25) is 0 Å². The van der Waals surface area contributed by atoms with Gasteiger partial charge in [0, 0.05) is 11.6 Å². The number of aliphatic hydroxyl groups excluding tert-OH is 2. The van der Waals surface area contributed by atoms with Gasteiger partial charge in [-0.25, -0.2) is 0 Å². The van der Waals surface area contributed by atoms with Crippen LogP contribution in [0.15, 0.2) is 36.5 Å². The molecule has 1 saturated heterocycles. The average molecular weight is 446 g/mol. The van der Waals surface area contributed by atoms with E-state index in [9.17, 15) is 24.6 Å². The van der Waals surface area contributed by atoms with Crippen molar-refractivity contribution in [1.82, 2.24) is 15.6 Å². The van der Waals surface area contributed by atoms with Crippen molar-refractivity contribution in [2.24, 2.45) is 5.92 Å². The summed E-state index contributed by atoms with van der Waals surface area (Å²) in [6.45, 7) is 6.90. The molecule has 1 aromatic carbocycles. The fourth-order valence-corrected chi connectivity index (χ4v) is 2.89. The molecule has 32 heavy (non-hydrogen) atoms. The van der Waals surface area contributed by atoms with Gasteiger partial charge in [0.15, 0.2) is 11.4 Å². The monoisotopic (exact) mass is 445 g/mol. The molecule has 0 bridgehead atoms. The van der Waals surface area contributed by atoms with Crippen LogP contribution in [-0.4, -0.2) is 70.3 Å². The molecule has 3 atom stereocenters. The van der Waals surface area contributed by atoms with Gasteiger partial charge in [-0.05, 0) is 24.3 Å². The zero-order chi connectivity index (χ0) is 23.9. The van der Waals surface area contributed by atoms with Crippen LogP contribution in [0.4, 0.5) is 0 Å². The SMILES string of the molecule is CC(C)C.CC(NC(=O)[C@H](CO)NC(=O)c1nccc2ccccc12)C(=O)C1(CO)CO1. The minimum Gasteiger partial charge on any atom is -0.394 e. The third kappa shape index (κ3) is 6.32. The topological polar surface area (TPSA) is 141 Å². The maximum absolute atomic E-state index is 12.6. The minimum atomic E-state index is -1.27. The third-order valence-electron chi connectivity index (χ3n) is 4.64. The summed E-state index contributed by atoms with van der Waals surface area (Å²) < 4.78 is 4.98. The number of aromatic nitrogens is 1. The van der Waals surface area contributed by atoms with Crippen molar-refractivity contribution in [1.29, 1.82) is 0 Å². The molecule has 1 fully saturated rings. The highest BCUT2D eigenvalue weighted by Crippen LogP contribution is 2.28. The number of fused-ring (bicyclic) bond motifs is 1. The first-order valence-electron chi connectivity index (χ1n) is 10.5. The van der Waals surface area contributed by atoms with E-state index in [0.717, 1.165) is 11.3 Å². The van der Waals surface area contributed by atoms with E-state index in [1.165, 1.54) is 13.1 Å². The van der Waals surface area contributed by atoms with Crippen molar-refractivity contribution >= 4 is 28.4 Å². The van der Waals surface area contributed by atoms with E-state index in [2.05, 4.69) is 36.4 Å². The predicted octanol–water partition coefficient (Wildman–Crippen LogP) is 0.823. The molecule has 2 unspecified atom stereocenters. The van der Waals surface area contributed by atoms with Crippen LogP contribution in [0, 0.1) is 5.92 Å². The molecule has 3 rings (SSSR count). The van der Waals surface area contributed by atoms with Crippen molar-refractivity contribution in [3.8, 4) is 0 Å². The van der Waals surface area contributed by atoms with Crippen LogP contribution in [-0.2, 0) is 14.3 Å². The lowest BCUT2D eigenvalue weighted by Crippen LogP contribution is -2.54. The van der Waals surface area contributed by atoms with Crippen LogP contribution >= 0.6 is 0 Å². The van der Waals surface area contributed by atoms with E-state index < -0.39 is 48.5 Å². The number of hydrogen-bond acceptors (Lipinski definition) is 7. The lowest BCUT2D eigenvalue weighted by molar-refractivity contribution is -0.132. The second-order valence-corrected chi connectivity index (χ2v) is 8.36. The Hall–Kier alpha value is -2.88. The van der Waals surface area contributed by atoms with Crippen LogP contribution < -0.4 is 10.6 Å². The van der Waals surface area contributed by atoms with Gasteiger partial charge in [-0.1, -0.05) is 45.0 Å². The molecule has 174 valence electrons. The van der Waals surface area contributed by atoms with E-state index in [4.69, 9.17) is 4.74 Å². The zero-order valence-corrected chi connectivity index (χ0v) is 18.8. The number of carbonyl (C=O) groups excluding carboxylic acids is 3. The maximum atomic E-state index is 12.6. The second-order valence-electron chi connectivity index (χ2n) is 8.36. The Kier molecular flexibility index (Phi) is 8.82. The van der Waals surface area contributed by atoms with Gasteiger partial charge >= 0.3 is 0 Å². The number of nitrogens with one attached hydrogen (secondary N) is 2.